The highest BCUT2D eigenvalue weighted by molar-refractivity contribution is 7.99. The number of aryl methyl sites for hydroxylation is 3. The molecule has 0 bridgehead atoms. The number of nitrogens with zero attached hydrogens (tertiary/aromatic N) is 1. The van der Waals surface area contributed by atoms with Gasteiger partial charge in [0, 0.05) is 23.2 Å². The number of carbonyl (C=O) groups excluding carboxylic acids is 1. The number of hydrogen-bond donors (Lipinski definition) is 1. The minimum absolute atomic E-state index is 0.00279. The standard InChI is InChI=1S/C22H24N2O2S/c1-14-11-16(3)22-19(12-14)15(2)13-21(24-22)27-10-9-20(25)23-17-5-7-18(26-4)8-6-17/h5-8,11-13H,9-10H2,1-4H3,(H,23,25). The maximum atomic E-state index is 12.2. The van der Waals surface area contributed by atoms with E-state index in [4.69, 9.17) is 9.72 Å². The number of hydrogen-bond acceptors (Lipinski definition) is 4. The van der Waals surface area contributed by atoms with Crippen molar-refractivity contribution < 1.29 is 9.53 Å². The van der Waals surface area contributed by atoms with Crippen LogP contribution in [0.15, 0.2) is 47.5 Å². The molecule has 0 unspecified atom stereocenters. The molecule has 1 heterocycles. The molecule has 1 aromatic heterocycles. The van der Waals surface area contributed by atoms with Crippen molar-refractivity contribution in [1.29, 1.82) is 0 Å². The molecule has 1 N–H and O–H groups in total. The highest BCUT2D eigenvalue weighted by Gasteiger charge is 2.08. The molecule has 27 heavy (non-hydrogen) atoms. The van der Waals surface area contributed by atoms with Gasteiger partial charge in [-0.2, -0.15) is 0 Å². The van der Waals surface area contributed by atoms with Crippen LogP contribution >= 0.6 is 11.8 Å². The Morgan fingerprint density at radius 1 is 1.07 bits per heavy atom. The summed E-state index contributed by atoms with van der Waals surface area (Å²) in [6.45, 7) is 6.32. The van der Waals surface area contributed by atoms with Crippen molar-refractivity contribution in [2.75, 3.05) is 18.2 Å². The van der Waals surface area contributed by atoms with E-state index < -0.39 is 0 Å². The molecular weight excluding hydrogens is 356 g/mol. The molecule has 0 spiro atoms. The lowest BCUT2D eigenvalue weighted by molar-refractivity contribution is -0.115. The van der Waals surface area contributed by atoms with Crippen molar-refractivity contribution in [1.82, 2.24) is 4.98 Å². The lowest BCUT2D eigenvalue weighted by atomic mass is 10.0. The predicted octanol–water partition coefficient (Wildman–Crippen LogP) is 5.29. The van der Waals surface area contributed by atoms with E-state index >= 15 is 0 Å². The molecule has 0 fully saturated rings. The molecule has 5 heteroatoms. The zero-order chi connectivity index (χ0) is 19.4. The number of fused-ring (bicyclic) bond motifs is 1. The fourth-order valence-electron chi connectivity index (χ4n) is 3.03. The maximum absolute atomic E-state index is 12.2. The minimum Gasteiger partial charge on any atom is -0.497 e. The number of amides is 1. The summed E-state index contributed by atoms with van der Waals surface area (Å²) in [6, 6.07) is 13.8. The van der Waals surface area contributed by atoms with Crippen molar-refractivity contribution in [3.63, 3.8) is 0 Å². The highest BCUT2D eigenvalue weighted by atomic mass is 32.2. The van der Waals surface area contributed by atoms with Crippen LogP contribution in [0.2, 0.25) is 0 Å². The fourth-order valence-corrected chi connectivity index (χ4v) is 3.95. The summed E-state index contributed by atoms with van der Waals surface area (Å²) in [4.78, 5) is 16.9. The Morgan fingerprint density at radius 2 is 1.81 bits per heavy atom. The molecule has 0 radical (unpaired) electrons. The quantitative estimate of drug-likeness (QED) is 0.590. The summed E-state index contributed by atoms with van der Waals surface area (Å²) in [7, 11) is 1.62. The van der Waals surface area contributed by atoms with Crippen molar-refractivity contribution in [3.05, 3.63) is 59.2 Å². The van der Waals surface area contributed by atoms with Crippen LogP contribution in [0.5, 0.6) is 5.75 Å². The first-order valence-electron chi connectivity index (χ1n) is 8.91. The van der Waals surface area contributed by atoms with Crippen LogP contribution in [-0.2, 0) is 4.79 Å². The molecule has 0 atom stereocenters. The molecule has 4 nitrogen and oxygen atoms in total. The summed E-state index contributed by atoms with van der Waals surface area (Å²) in [5.41, 5.74) is 5.48. The molecule has 140 valence electrons. The minimum atomic E-state index is -0.00279. The Labute approximate surface area is 164 Å². The van der Waals surface area contributed by atoms with Gasteiger partial charge in [-0.05, 0) is 68.3 Å². The van der Waals surface area contributed by atoms with E-state index in [-0.39, 0.29) is 5.91 Å². The number of ether oxygens (including phenoxy) is 1. The average molecular weight is 381 g/mol. The van der Waals surface area contributed by atoms with Crippen molar-refractivity contribution in [2.45, 2.75) is 32.2 Å². The number of carbonyl (C=O) groups is 1. The molecule has 2 aromatic carbocycles. The zero-order valence-electron chi connectivity index (χ0n) is 16.1. The van der Waals surface area contributed by atoms with Crippen LogP contribution in [-0.4, -0.2) is 23.8 Å². The molecular formula is C22H24N2O2S. The van der Waals surface area contributed by atoms with Crippen LogP contribution in [0.3, 0.4) is 0 Å². The van der Waals surface area contributed by atoms with Gasteiger partial charge in [0.05, 0.1) is 17.7 Å². The number of nitrogens with one attached hydrogen (secondary N) is 1. The normalized spacial score (nSPS) is 10.8. The van der Waals surface area contributed by atoms with Gasteiger partial charge in [0.1, 0.15) is 5.75 Å². The first-order valence-corrected chi connectivity index (χ1v) is 9.90. The summed E-state index contributed by atoms with van der Waals surface area (Å²) in [5, 5.41) is 5.07. The third kappa shape index (κ3) is 4.80. The molecule has 0 saturated heterocycles. The van der Waals surface area contributed by atoms with Gasteiger partial charge in [-0.25, -0.2) is 4.98 Å². The van der Waals surface area contributed by atoms with Gasteiger partial charge in [0.25, 0.3) is 0 Å². The smallest absolute Gasteiger partial charge is 0.225 e. The Balaban J connectivity index is 1.60. The number of thioether (sulfide) groups is 1. The van der Waals surface area contributed by atoms with Gasteiger partial charge < -0.3 is 10.1 Å². The number of methoxy groups -OCH3 is 1. The lowest BCUT2D eigenvalue weighted by Gasteiger charge is -2.10. The van der Waals surface area contributed by atoms with Gasteiger partial charge in [0.15, 0.2) is 0 Å². The number of pyridine rings is 1. The van der Waals surface area contributed by atoms with E-state index in [1.807, 2.05) is 24.3 Å². The summed E-state index contributed by atoms with van der Waals surface area (Å²) >= 11 is 1.62. The van der Waals surface area contributed by atoms with Gasteiger partial charge in [0.2, 0.25) is 5.91 Å². The molecule has 0 aliphatic heterocycles. The monoisotopic (exact) mass is 380 g/mol. The van der Waals surface area contributed by atoms with Gasteiger partial charge in [-0.1, -0.05) is 11.6 Å². The second kappa shape index (κ2) is 8.44. The van der Waals surface area contributed by atoms with Crippen LogP contribution < -0.4 is 10.1 Å². The van der Waals surface area contributed by atoms with E-state index in [2.05, 4.69) is 44.3 Å². The summed E-state index contributed by atoms with van der Waals surface area (Å²) in [5.74, 6) is 1.45. The van der Waals surface area contributed by atoms with Crippen molar-refractivity contribution in [2.24, 2.45) is 0 Å². The lowest BCUT2D eigenvalue weighted by Crippen LogP contribution is -2.12. The zero-order valence-corrected chi connectivity index (χ0v) is 16.9. The van der Waals surface area contributed by atoms with Crippen LogP contribution in [0.1, 0.15) is 23.1 Å². The second-order valence-electron chi connectivity index (χ2n) is 6.63. The van der Waals surface area contributed by atoms with Crippen molar-refractivity contribution >= 4 is 34.3 Å². The molecule has 3 rings (SSSR count). The molecule has 1 amide bonds. The maximum Gasteiger partial charge on any atom is 0.225 e. The van der Waals surface area contributed by atoms with Gasteiger partial charge >= 0.3 is 0 Å². The van der Waals surface area contributed by atoms with E-state index in [0.717, 1.165) is 22.0 Å². The number of rotatable bonds is 6. The number of aromatic nitrogens is 1. The first kappa shape index (κ1) is 19.2. The third-order valence-electron chi connectivity index (χ3n) is 4.38. The van der Waals surface area contributed by atoms with Gasteiger partial charge in [-0.3, -0.25) is 4.79 Å². The molecule has 3 aromatic rings. The third-order valence-corrected chi connectivity index (χ3v) is 5.30. The average Bonchev–Trinajstić information content (AvgIpc) is 2.63. The SMILES string of the molecule is COc1ccc(NC(=O)CCSc2cc(C)c3cc(C)cc(C)c3n2)cc1. The van der Waals surface area contributed by atoms with Crippen LogP contribution in [0.25, 0.3) is 10.9 Å². The van der Waals surface area contributed by atoms with Crippen molar-refractivity contribution in [3.8, 4) is 5.75 Å². The molecule has 0 saturated carbocycles. The van der Waals surface area contributed by atoms with Gasteiger partial charge in [-0.15, -0.1) is 11.8 Å². The van der Waals surface area contributed by atoms with E-state index in [9.17, 15) is 4.79 Å². The van der Waals surface area contributed by atoms with E-state index in [1.54, 1.807) is 18.9 Å². The van der Waals surface area contributed by atoms with E-state index in [1.165, 1.54) is 22.1 Å². The van der Waals surface area contributed by atoms with Crippen LogP contribution in [0.4, 0.5) is 5.69 Å². The Kier molecular flexibility index (Phi) is 6.01. The largest absolute Gasteiger partial charge is 0.497 e. The number of benzene rings is 2. The second-order valence-corrected chi connectivity index (χ2v) is 7.75. The Bertz CT molecular complexity index is 968. The molecule has 0 aliphatic rings. The van der Waals surface area contributed by atoms with Crippen LogP contribution in [0, 0.1) is 20.8 Å². The molecule has 0 aliphatic carbocycles. The Hall–Kier alpha value is -2.53. The number of anilines is 1. The van der Waals surface area contributed by atoms with E-state index in [0.29, 0.717) is 12.2 Å². The summed E-state index contributed by atoms with van der Waals surface area (Å²) in [6.07, 6.45) is 0.433. The first-order chi connectivity index (χ1) is 13.0. The Morgan fingerprint density at radius 3 is 2.52 bits per heavy atom. The summed E-state index contributed by atoms with van der Waals surface area (Å²) < 4.78 is 5.12. The predicted molar refractivity (Wildman–Crippen MR) is 113 cm³/mol. The fraction of sp³-hybridized carbons (Fsp3) is 0.273. The highest BCUT2D eigenvalue weighted by Crippen LogP contribution is 2.27. The topological polar surface area (TPSA) is 51.2 Å².